The SMILES string of the molecule is COc1ccc(C(CNC(=O)CCC(=O)c2ccc(C)cc2)N2CCCCC2)cc1. The molecule has 1 aliphatic rings. The minimum atomic E-state index is -0.0778. The number of methoxy groups -OCH3 is 1. The number of rotatable bonds is 9. The van der Waals surface area contributed by atoms with Gasteiger partial charge >= 0.3 is 0 Å². The molecule has 0 spiro atoms. The molecule has 1 saturated heterocycles. The maximum Gasteiger partial charge on any atom is 0.220 e. The molecule has 1 heterocycles. The molecular formula is C25H32N2O3. The molecule has 2 aromatic carbocycles. The molecule has 1 aliphatic heterocycles. The second kappa shape index (κ2) is 10.9. The van der Waals surface area contributed by atoms with Crippen LogP contribution in [0.15, 0.2) is 48.5 Å². The maximum absolute atomic E-state index is 12.5. The summed E-state index contributed by atoms with van der Waals surface area (Å²) in [6, 6.07) is 15.7. The van der Waals surface area contributed by atoms with E-state index in [0.29, 0.717) is 12.1 Å². The highest BCUT2D eigenvalue weighted by Crippen LogP contribution is 2.26. The van der Waals surface area contributed by atoms with Crippen LogP contribution in [0.1, 0.15) is 59.6 Å². The summed E-state index contributed by atoms with van der Waals surface area (Å²) in [6.07, 6.45) is 4.07. The second-order valence-electron chi connectivity index (χ2n) is 7.98. The minimum Gasteiger partial charge on any atom is -0.497 e. The van der Waals surface area contributed by atoms with E-state index in [2.05, 4.69) is 22.3 Å². The van der Waals surface area contributed by atoms with Crippen LogP contribution in [0.25, 0.3) is 0 Å². The zero-order valence-corrected chi connectivity index (χ0v) is 18.0. The Morgan fingerprint density at radius 1 is 0.967 bits per heavy atom. The lowest BCUT2D eigenvalue weighted by Crippen LogP contribution is -2.40. The predicted molar refractivity (Wildman–Crippen MR) is 119 cm³/mol. The summed E-state index contributed by atoms with van der Waals surface area (Å²) in [7, 11) is 1.66. The van der Waals surface area contributed by atoms with Crippen LogP contribution in [0.3, 0.4) is 0 Å². The van der Waals surface area contributed by atoms with Crippen LogP contribution in [-0.4, -0.2) is 43.3 Å². The molecule has 1 amide bonds. The summed E-state index contributed by atoms with van der Waals surface area (Å²) in [6.45, 7) is 4.62. The van der Waals surface area contributed by atoms with Crippen molar-refractivity contribution in [3.05, 3.63) is 65.2 Å². The number of likely N-dealkylation sites (tertiary alicyclic amines) is 1. The number of piperidine rings is 1. The minimum absolute atomic E-state index is 0.00730. The van der Waals surface area contributed by atoms with Crippen LogP contribution in [-0.2, 0) is 4.79 Å². The van der Waals surface area contributed by atoms with Crippen molar-refractivity contribution in [1.29, 1.82) is 0 Å². The molecule has 1 N–H and O–H groups in total. The van der Waals surface area contributed by atoms with Crippen molar-refractivity contribution in [3.8, 4) is 5.75 Å². The van der Waals surface area contributed by atoms with Crippen LogP contribution >= 0.6 is 0 Å². The third-order valence-corrected chi connectivity index (χ3v) is 5.78. The summed E-state index contributed by atoms with van der Waals surface area (Å²) >= 11 is 0. The molecule has 3 rings (SSSR count). The Hall–Kier alpha value is -2.66. The Morgan fingerprint density at radius 3 is 2.27 bits per heavy atom. The van der Waals surface area contributed by atoms with Crippen LogP contribution in [0.4, 0.5) is 0 Å². The van der Waals surface area contributed by atoms with Gasteiger partial charge in [0.15, 0.2) is 5.78 Å². The third kappa shape index (κ3) is 6.17. The molecule has 0 aromatic heterocycles. The third-order valence-electron chi connectivity index (χ3n) is 5.78. The fraction of sp³-hybridized carbons (Fsp3) is 0.440. The molecule has 5 heteroatoms. The molecule has 160 valence electrons. The summed E-state index contributed by atoms with van der Waals surface area (Å²) < 4.78 is 5.27. The van der Waals surface area contributed by atoms with Crippen molar-refractivity contribution < 1.29 is 14.3 Å². The number of carbonyl (C=O) groups excluding carboxylic acids is 2. The first-order valence-electron chi connectivity index (χ1n) is 10.8. The number of ether oxygens (including phenoxy) is 1. The number of ketones is 1. The standard InChI is InChI=1S/C25H32N2O3/c1-19-6-8-21(9-7-19)24(28)14-15-25(29)26-18-23(27-16-4-3-5-17-27)20-10-12-22(30-2)13-11-20/h6-13,23H,3-5,14-18H2,1-2H3,(H,26,29). The van der Waals surface area contributed by atoms with E-state index in [1.54, 1.807) is 7.11 Å². The van der Waals surface area contributed by atoms with E-state index in [0.717, 1.165) is 24.4 Å². The van der Waals surface area contributed by atoms with Crippen molar-refractivity contribution in [3.63, 3.8) is 0 Å². The molecule has 0 radical (unpaired) electrons. The van der Waals surface area contributed by atoms with Gasteiger partial charge in [-0.3, -0.25) is 14.5 Å². The number of nitrogens with zero attached hydrogens (tertiary/aromatic N) is 1. The molecule has 0 aliphatic carbocycles. The quantitative estimate of drug-likeness (QED) is 0.628. The lowest BCUT2D eigenvalue weighted by molar-refractivity contribution is -0.121. The number of carbonyl (C=O) groups is 2. The Bertz CT molecular complexity index is 824. The zero-order valence-electron chi connectivity index (χ0n) is 18.0. The number of aryl methyl sites for hydroxylation is 1. The average molecular weight is 409 g/mol. The van der Waals surface area contributed by atoms with Gasteiger partial charge in [0.25, 0.3) is 0 Å². The van der Waals surface area contributed by atoms with E-state index in [1.807, 2.05) is 43.3 Å². The number of amides is 1. The predicted octanol–water partition coefficient (Wildman–Crippen LogP) is 4.31. The molecule has 5 nitrogen and oxygen atoms in total. The van der Waals surface area contributed by atoms with E-state index in [4.69, 9.17) is 4.74 Å². The molecule has 0 saturated carbocycles. The molecule has 0 bridgehead atoms. The monoisotopic (exact) mass is 408 g/mol. The van der Waals surface area contributed by atoms with E-state index in [1.165, 1.54) is 24.8 Å². The highest BCUT2D eigenvalue weighted by Gasteiger charge is 2.23. The van der Waals surface area contributed by atoms with E-state index < -0.39 is 0 Å². The molecule has 2 aromatic rings. The van der Waals surface area contributed by atoms with Gasteiger partial charge in [-0.05, 0) is 50.6 Å². The van der Waals surface area contributed by atoms with Gasteiger partial charge in [-0.2, -0.15) is 0 Å². The number of Topliss-reactive ketones (excluding diaryl/α,β-unsaturated/α-hetero) is 1. The summed E-state index contributed by atoms with van der Waals surface area (Å²) in [5, 5.41) is 3.06. The molecule has 30 heavy (non-hydrogen) atoms. The van der Waals surface area contributed by atoms with Gasteiger partial charge in [-0.15, -0.1) is 0 Å². The van der Waals surface area contributed by atoms with Crippen molar-refractivity contribution >= 4 is 11.7 Å². The lowest BCUT2D eigenvalue weighted by atomic mass is 10.0. The lowest BCUT2D eigenvalue weighted by Gasteiger charge is -2.35. The van der Waals surface area contributed by atoms with Crippen molar-refractivity contribution in [2.75, 3.05) is 26.7 Å². The fourth-order valence-corrected chi connectivity index (χ4v) is 3.92. The zero-order chi connectivity index (χ0) is 21.3. The van der Waals surface area contributed by atoms with Crippen molar-refractivity contribution in [2.45, 2.75) is 45.1 Å². The van der Waals surface area contributed by atoms with E-state index in [9.17, 15) is 9.59 Å². The van der Waals surface area contributed by atoms with Gasteiger partial charge in [0, 0.05) is 24.9 Å². The maximum atomic E-state index is 12.5. The van der Waals surface area contributed by atoms with E-state index in [-0.39, 0.29) is 30.6 Å². The second-order valence-corrected chi connectivity index (χ2v) is 7.98. The number of hydrogen-bond acceptors (Lipinski definition) is 4. The van der Waals surface area contributed by atoms with Gasteiger partial charge < -0.3 is 10.1 Å². The van der Waals surface area contributed by atoms with Crippen molar-refractivity contribution in [1.82, 2.24) is 10.2 Å². The highest BCUT2D eigenvalue weighted by atomic mass is 16.5. The first kappa shape index (κ1) is 22.0. The van der Waals surface area contributed by atoms with Crippen molar-refractivity contribution in [2.24, 2.45) is 0 Å². The molecule has 1 atom stereocenters. The fourth-order valence-electron chi connectivity index (χ4n) is 3.92. The highest BCUT2D eigenvalue weighted by molar-refractivity contribution is 5.97. The largest absolute Gasteiger partial charge is 0.497 e. The smallest absolute Gasteiger partial charge is 0.220 e. The van der Waals surface area contributed by atoms with Gasteiger partial charge in [0.05, 0.1) is 13.2 Å². The Kier molecular flexibility index (Phi) is 8.03. The van der Waals surface area contributed by atoms with Gasteiger partial charge in [-0.1, -0.05) is 48.4 Å². The van der Waals surface area contributed by atoms with E-state index >= 15 is 0 Å². The number of benzene rings is 2. The first-order valence-corrected chi connectivity index (χ1v) is 10.8. The average Bonchev–Trinajstić information content (AvgIpc) is 2.79. The van der Waals surface area contributed by atoms with Crippen LogP contribution < -0.4 is 10.1 Å². The van der Waals surface area contributed by atoms with Crippen LogP contribution in [0, 0.1) is 6.92 Å². The number of hydrogen-bond donors (Lipinski definition) is 1. The summed E-state index contributed by atoms with van der Waals surface area (Å²) in [5.41, 5.74) is 2.96. The van der Waals surface area contributed by atoms with Gasteiger partial charge in [0.1, 0.15) is 5.75 Å². The molecular weight excluding hydrogens is 376 g/mol. The molecule has 1 unspecified atom stereocenters. The number of nitrogens with one attached hydrogen (secondary N) is 1. The Labute approximate surface area is 179 Å². The normalized spacial score (nSPS) is 15.4. The van der Waals surface area contributed by atoms with Gasteiger partial charge in [-0.25, -0.2) is 0 Å². The summed E-state index contributed by atoms with van der Waals surface area (Å²) in [5.74, 6) is 0.758. The molecule has 1 fully saturated rings. The first-order chi connectivity index (χ1) is 14.6. The van der Waals surface area contributed by atoms with Crippen LogP contribution in [0.5, 0.6) is 5.75 Å². The Morgan fingerprint density at radius 2 is 1.63 bits per heavy atom. The Balaban J connectivity index is 1.56. The topological polar surface area (TPSA) is 58.6 Å². The van der Waals surface area contributed by atoms with Gasteiger partial charge in [0.2, 0.25) is 5.91 Å². The summed E-state index contributed by atoms with van der Waals surface area (Å²) in [4.78, 5) is 27.2. The van der Waals surface area contributed by atoms with Crippen LogP contribution in [0.2, 0.25) is 0 Å².